The standard InChI is InChI=1S/C18H27N3O3/c1-3-7-15(18(23)24)19-17(22)16(14-8-5-4-6-9-14)21-12-10-20(2)11-13-21/h4-6,8-9,15-16H,3,7,10-13H2,1-2H3,(H,19,22)(H,23,24). The third kappa shape index (κ3) is 4.79. The molecule has 24 heavy (non-hydrogen) atoms. The summed E-state index contributed by atoms with van der Waals surface area (Å²) in [5, 5.41) is 12.0. The molecule has 1 fully saturated rings. The van der Waals surface area contributed by atoms with Gasteiger partial charge in [0.05, 0.1) is 0 Å². The summed E-state index contributed by atoms with van der Waals surface area (Å²) in [6, 6.07) is 8.31. The van der Waals surface area contributed by atoms with E-state index in [9.17, 15) is 14.7 Å². The molecule has 6 heteroatoms. The highest BCUT2D eigenvalue weighted by Gasteiger charge is 2.32. The van der Waals surface area contributed by atoms with E-state index in [4.69, 9.17) is 0 Å². The number of rotatable bonds is 7. The smallest absolute Gasteiger partial charge is 0.326 e. The van der Waals surface area contributed by atoms with Crippen LogP contribution in [0.3, 0.4) is 0 Å². The van der Waals surface area contributed by atoms with Gasteiger partial charge < -0.3 is 15.3 Å². The summed E-state index contributed by atoms with van der Waals surface area (Å²) < 4.78 is 0. The van der Waals surface area contributed by atoms with Gasteiger partial charge in [-0.3, -0.25) is 9.69 Å². The number of aliphatic carboxylic acids is 1. The van der Waals surface area contributed by atoms with Gasteiger partial charge in [0.1, 0.15) is 12.1 Å². The fourth-order valence-electron chi connectivity index (χ4n) is 3.04. The molecule has 1 heterocycles. The summed E-state index contributed by atoms with van der Waals surface area (Å²) in [5.41, 5.74) is 0.903. The van der Waals surface area contributed by atoms with Crippen molar-refractivity contribution in [3.05, 3.63) is 35.9 Å². The molecule has 0 saturated carbocycles. The number of amides is 1. The van der Waals surface area contributed by atoms with Crippen molar-refractivity contribution in [3.63, 3.8) is 0 Å². The van der Waals surface area contributed by atoms with Crippen LogP contribution in [0.15, 0.2) is 30.3 Å². The van der Waals surface area contributed by atoms with Crippen LogP contribution in [0, 0.1) is 0 Å². The molecule has 1 aromatic carbocycles. The molecule has 2 atom stereocenters. The van der Waals surface area contributed by atoms with E-state index in [2.05, 4.69) is 22.2 Å². The lowest BCUT2D eigenvalue weighted by molar-refractivity contribution is -0.143. The van der Waals surface area contributed by atoms with E-state index >= 15 is 0 Å². The van der Waals surface area contributed by atoms with E-state index in [1.54, 1.807) is 0 Å². The van der Waals surface area contributed by atoms with Crippen LogP contribution in [0.4, 0.5) is 0 Å². The Bertz CT molecular complexity index is 542. The summed E-state index contributed by atoms with van der Waals surface area (Å²) in [6.45, 7) is 5.28. The third-order valence-electron chi connectivity index (χ3n) is 4.46. The summed E-state index contributed by atoms with van der Waals surface area (Å²) >= 11 is 0. The number of carbonyl (C=O) groups excluding carboxylic acids is 1. The van der Waals surface area contributed by atoms with Gasteiger partial charge in [-0.15, -0.1) is 0 Å². The number of carbonyl (C=O) groups is 2. The second-order valence-corrected chi connectivity index (χ2v) is 6.34. The van der Waals surface area contributed by atoms with Crippen LogP contribution < -0.4 is 5.32 Å². The molecule has 1 amide bonds. The van der Waals surface area contributed by atoms with Crippen molar-refractivity contribution in [2.24, 2.45) is 0 Å². The van der Waals surface area contributed by atoms with E-state index in [1.165, 1.54) is 0 Å². The number of nitrogens with one attached hydrogen (secondary N) is 1. The molecule has 1 aromatic rings. The van der Waals surface area contributed by atoms with Crippen LogP contribution >= 0.6 is 0 Å². The zero-order chi connectivity index (χ0) is 17.5. The topological polar surface area (TPSA) is 72.9 Å². The Balaban J connectivity index is 2.18. The number of carboxylic acid groups (broad SMARTS) is 1. The maximum atomic E-state index is 12.9. The molecular weight excluding hydrogens is 306 g/mol. The first-order valence-corrected chi connectivity index (χ1v) is 8.53. The highest BCUT2D eigenvalue weighted by molar-refractivity contribution is 5.87. The SMILES string of the molecule is CCCC(NC(=O)C(c1ccccc1)N1CCN(C)CC1)C(=O)O. The minimum atomic E-state index is -0.976. The Kier molecular flexibility index (Phi) is 6.75. The number of benzene rings is 1. The lowest BCUT2D eigenvalue weighted by Crippen LogP contribution is -2.52. The molecule has 132 valence electrons. The predicted octanol–water partition coefficient (Wildman–Crippen LogP) is 1.34. The molecule has 0 spiro atoms. The number of hydrogen-bond acceptors (Lipinski definition) is 4. The first-order valence-electron chi connectivity index (χ1n) is 8.53. The zero-order valence-electron chi connectivity index (χ0n) is 14.4. The van der Waals surface area contributed by atoms with E-state index in [0.717, 1.165) is 31.7 Å². The normalized spacial score (nSPS) is 18.8. The van der Waals surface area contributed by atoms with Gasteiger partial charge in [0.25, 0.3) is 0 Å². The molecule has 1 aliphatic heterocycles. The fraction of sp³-hybridized carbons (Fsp3) is 0.556. The largest absolute Gasteiger partial charge is 0.480 e. The van der Waals surface area contributed by atoms with Crippen molar-refractivity contribution in [1.29, 1.82) is 0 Å². The second kappa shape index (κ2) is 8.80. The van der Waals surface area contributed by atoms with E-state index < -0.39 is 18.1 Å². The molecule has 0 aliphatic carbocycles. The minimum absolute atomic E-state index is 0.230. The van der Waals surface area contributed by atoms with Gasteiger partial charge in [-0.2, -0.15) is 0 Å². The average Bonchev–Trinajstić information content (AvgIpc) is 2.57. The maximum absolute atomic E-state index is 12.9. The predicted molar refractivity (Wildman–Crippen MR) is 92.7 cm³/mol. The Morgan fingerprint density at radius 3 is 2.33 bits per heavy atom. The van der Waals surface area contributed by atoms with E-state index in [1.807, 2.05) is 37.3 Å². The summed E-state index contributed by atoms with van der Waals surface area (Å²) in [5.74, 6) is -1.21. The van der Waals surface area contributed by atoms with Crippen LogP contribution in [-0.4, -0.2) is 66.1 Å². The van der Waals surface area contributed by atoms with Gasteiger partial charge in [0.2, 0.25) is 5.91 Å². The van der Waals surface area contributed by atoms with Crippen LogP contribution in [0.5, 0.6) is 0 Å². The second-order valence-electron chi connectivity index (χ2n) is 6.34. The van der Waals surface area contributed by atoms with Crippen molar-refractivity contribution in [3.8, 4) is 0 Å². The van der Waals surface area contributed by atoms with Crippen LogP contribution in [-0.2, 0) is 9.59 Å². The Hall–Kier alpha value is -1.92. The first-order chi connectivity index (χ1) is 11.5. The van der Waals surface area contributed by atoms with Crippen molar-refractivity contribution in [1.82, 2.24) is 15.1 Å². The molecule has 6 nitrogen and oxygen atoms in total. The Morgan fingerprint density at radius 2 is 1.79 bits per heavy atom. The van der Waals surface area contributed by atoms with Gasteiger partial charge >= 0.3 is 5.97 Å². The van der Waals surface area contributed by atoms with Gasteiger partial charge in [-0.1, -0.05) is 43.7 Å². The van der Waals surface area contributed by atoms with Crippen molar-refractivity contribution < 1.29 is 14.7 Å². The van der Waals surface area contributed by atoms with Gasteiger partial charge in [0.15, 0.2) is 0 Å². The Labute approximate surface area is 143 Å². The van der Waals surface area contributed by atoms with Crippen molar-refractivity contribution >= 4 is 11.9 Å². The molecule has 1 aliphatic rings. The number of hydrogen-bond donors (Lipinski definition) is 2. The maximum Gasteiger partial charge on any atom is 0.326 e. The highest BCUT2D eigenvalue weighted by Crippen LogP contribution is 2.22. The summed E-state index contributed by atoms with van der Waals surface area (Å²) in [7, 11) is 2.07. The molecule has 0 bridgehead atoms. The molecule has 2 rings (SSSR count). The first kappa shape index (κ1) is 18.4. The zero-order valence-corrected chi connectivity index (χ0v) is 14.4. The van der Waals surface area contributed by atoms with Gasteiger partial charge in [-0.25, -0.2) is 4.79 Å². The number of piperazine rings is 1. The van der Waals surface area contributed by atoms with Crippen molar-refractivity contribution in [2.75, 3.05) is 33.2 Å². The van der Waals surface area contributed by atoms with E-state index in [0.29, 0.717) is 12.8 Å². The quantitative estimate of drug-likeness (QED) is 0.788. The molecule has 1 saturated heterocycles. The third-order valence-corrected chi connectivity index (χ3v) is 4.46. The molecule has 0 aromatic heterocycles. The van der Waals surface area contributed by atoms with Gasteiger partial charge in [-0.05, 0) is 19.0 Å². The number of nitrogens with zero attached hydrogens (tertiary/aromatic N) is 2. The van der Waals surface area contributed by atoms with Crippen LogP contribution in [0.2, 0.25) is 0 Å². The lowest BCUT2D eigenvalue weighted by Gasteiger charge is -2.37. The fourth-order valence-corrected chi connectivity index (χ4v) is 3.04. The minimum Gasteiger partial charge on any atom is -0.480 e. The summed E-state index contributed by atoms with van der Waals surface area (Å²) in [6.07, 6.45) is 1.15. The molecule has 0 radical (unpaired) electrons. The lowest BCUT2D eigenvalue weighted by atomic mass is 10.0. The monoisotopic (exact) mass is 333 g/mol. The average molecular weight is 333 g/mol. The Morgan fingerprint density at radius 1 is 1.17 bits per heavy atom. The van der Waals surface area contributed by atoms with Crippen molar-refractivity contribution in [2.45, 2.75) is 31.8 Å². The molecule has 2 N–H and O–H groups in total. The van der Waals surface area contributed by atoms with Crippen LogP contribution in [0.1, 0.15) is 31.4 Å². The van der Waals surface area contributed by atoms with Crippen LogP contribution in [0.25, 0.3) is 0 Å². The van der Waals surface area contributed by atoms with Gasteiger partial charge in [0, 0.05) is 26.2 Å². The number of carboxylic acids is 1. The molecular formula is C18H27N3O3. The highest BCUT2D eigenvalue weighted by atomic mass is 16.4. The van der Waals surface area contributed by atoms with E-state index in [-0.39, 0.29) is 5.91 Å². The number of likely N-dealkylation sites (N-methyl/N-ethyl adjacent to an activating group) is 1. The molecule has 2 unspecified atom stereocenters. The summed E-state index contributed by atoms with van der Waals surface area (Å²) in [4.78, 5) is 28.6.